The van der Waals surface area contributed by atoms with Gasteiger partial charge in [0.05, 0.1) is 0 Å². The lowest BCUT2D eigenvalue weighted by Crippen LogP contribution is -2.48. The van der Waals surface area contributed by atoms with Crippen LogP contribution in [0.2, 0.25) is 5.02 Å². The fourth-order valence-corrected chi connectivity index (χ4v) is 7.04. The summed E-state index contributed by atoms with van der Waals surface area (Å²) in [5.74, 6) is 4.25. The summed E-state index contributed by atoms with van der Waals surface area (Å²) in [6.45, 7) is 0. The smallest absolute Gasteiger partial charge is 0.127 e. The van der Waals surface area contributed by atoms with E-state index in [1.54, 1.807) is 12.1 Å². The highest BCUT2D eigenvalue weighted by Crippen LogP contribution is 2.58. The first kappa shape index (κ1) is 14.5. The third-order valence-electron chi connectivity index (χ3n) is 6.18. The van der Waals surface area contributed by atoms with Crippen LogP contribution in [0.5, 0.6) is 0 Å². The van der Waals surface area contributed by atoms with Crippen molar-refractivity contribution in [1.29, 1.82) is 0 Å². The molecule has 3 heteroatoms. The Morgan fingerprint density at radius 2 is 1.71 bits per heavy atom. The molecule has 4 saturated carbocycles. The van der Waals surface area contributed by atoms with Crippen LogP contribution in [0, 0.1) is 35.4 Å². The van der Waals surface area contributed by atoms with Crippen LogP contribution in [0.1, 0.15) is 37.7 Å². The third kappa shape index (κ3) is 2.57. The Bertz CT molecular complexity index is 496. The summed E-state index contributed by atoms with van der Waals surface area (Å²) in [5, 5.41) is 0.572. The van der Waals surface area contributed by atoms with E-state index in [-0.39, 0.29) is 5.82 Å². The van der Waals surface area contributed by atoms with Crippen LogP contribution in [-0.2, 0) is 6.42 Å². The fourth-order valence-electron chi connectivity index (χ4n) is 5.62. The summed E-state index contributed by atoms with van der Waals surface area (Å²) in [7, 11) is 0. The van der Waals surface area contributed by atoms with Crippen molar-refractivity contribution in [1.82, 2.24) is 0 Å². The first-order valence-electron chi connectivity index (χ1n) is 8.18. The van der Waals surface area contributed by atoms with Crippen LogP contribution in [0.4, 0.5) is 4.39 Å². The maximum atomic E-state index is 14.0. The normalized spacial score (nSPS) is 38.7. The van der Waals surface area contributed by atoms with Gasteiger partial charge in [-0.05, 0) is 80.2 Å². The molecule has 0 heterocycles. The summed E-state index contributed by atoms with van der Waals surface area (Å²) in [4.78, 5) is 0.363. The van der Waals surface area contributed by atoms with E-state index in [1.165, 1.54) is 38.2 Å². The maximum absolute atomic E-state index is 14.0. The molecule has 0 aromatic heterocycles. The fraction of sp³-hybridized carbons (Fsp3) is 0.667. The summed E-state index contributed by atoms with van der Waals surface area (Å²) >= 11 is 10.1. The second kappa shape index (κ2) is 5.53. The average Bonchev–Trinajstić information content (AvgIpc) is 2.42. The molecule has 5 rings (SSSR count). The highest BCUT2D eigenvalue weighted by Gasteiger charge is 2.50. The van der Waals surface area contributed by atoms with Crippen LogP contribution in [0.15, 0.2) is 18.2 Å². The van der Waals surface area contributed by atoms with E-state index in [4.69, 9.17) is 11.6 Å². The van der Waals surface area contributed by atoms with Crippen molar-refractivity contribution in [2.75, 3.05) is 0 Å². The first-order valence-corrected chi connectivity index (χ1v) is 9.48. The molecule has 21 heavy (non-hydrogen) atoms. The highest BCUT2D eigenvalue weighted by atomic mass is 79.9. The molecule has 0 nitrogen and oxygen atoms in total. The highest BCUT2D eigenvalue weighted by molar-refractivity contribution is 9.09. The summed E-state index contributed by atoms with van der Waals surface area (Å²) in [6.07, 6.45) is 7.83. The molecule has 1 atom stereocenters. The Morgan fingerprint density at radius 1 is 1.10 bits per heavy atom. The van der Waals surface area contributed by atoms with E-state index < -0.39 is 0 Å². The molecule has 114 valence electrons. The third-order valence-corrected chi connectivity index (χ3v) is 7.47. The molecule has 4 bridgehead atoms. The van der Waals surface area contributed by atoms with Gasteiger partial charge in [-0.3, -0.25) is 0 Å². The molecule has 0 aliphatic heterocycles. The van der Waals surface area contributed by atoms with E-state index in [0.717, 1.165) is 30.1 Å². The van der Waals surface area contributed by atoms with Gasteiger partial charge in [-0.25, -0.2) is 4.39 Å². The van der Waals surface area contributed by atoms with Crippen molar-refractivity contribution < 1.29 is 4.39 Å². The zero-order valence-corrected chi connectivity index (χ0v) is 14.4. The number of rotatable bonds is 3. The van der Waals surface area contributed by atoms with Gasteiger partial charge in [-0.1, -0.05) is 33.6 Å². The van der Waals surface area contributed by atoms with Gasteiger partial charge in [0, 0.05) is 15.4 Å². The van der Waals surface area contributed by atoms with Gasteiger partial charge in [-0.2, -0.15) is 0 Å². The number of benzene rings is 1. The SMILES string of the molecule is Fc1cccc(Cl)c1CC(Br)C1C2CC3CC(C2)CC1C3. The number of hydrogen-bond acceptors (Lipinski definition) is 0. The van der Waals surface area contributed by atoms with Crippen molar-refractivity contribution in [3.8, 4) is 0 Å². The van der Waals surface area contributed by atoms with Crippen LogP contribution in [-0.4, -0.2) is 4.83 Å². The second-order valence-electron chi connectivity index (χ2n) is 7.43. The van der Waals surface area contributed by atoms with Crippen LogP contribution in [0.3, 0.4) is 0 Å². The molecule has 0 amide bonds. The number of hydrogen-bond donors (Lipinski definition) is 0. The van der Waals surface area contributed by atoms with Crippen LogP contribution in [0.25, 0.3) is 0 Å². The molecule has 0 N–H and O–H groups in total. The van der Waals surface area contributed by atoms with Crippen LogP contribution >= 0.6 is 27.5 Å². The lowest BCUT2D eigenvalue weighted by Gasteiger charge is -2.55. The van der Waals surface area contributed by atoms with Crippen molar-refractivity contribution in [3.05, 3.63) is 34.6 Å². The minimum absolute atomic E-state index is 0.157. The Hall–Kier alpha value is -0.0800. The standard InChI is InChI=1S/C18H21BrClF/c19-15(9-14-16(20)2-1-3-17(14)21)18-12-5-10-4-11(7-12)8-13(18)6-10/h1-3,10-13,15,18H,4-9H2. The molecule has 4 aliphatic rings. The van der Waals surface area contributed by atoms with Gasteiger partial charge in [-0.15, -0.1) is 0 Å². The summed E-state index contributed by atoms with van der Waals surface area (Å²) < 4.78 is 14.0. The van der Waals surface area contributed by atoms with Crippen molar-refractivity contribution in [3.63, 3.8) is 0 Å². The Balaban J connectivity index is 1.54. The lowest BCUT2D eigenvalue weighted by atomic mass is 9.51. The van der Waals surface area contributed by atoms with E-state index in [1.807, 2.05) is 0 Å². The average molecular weight is 372 g/mol. The monoisotopic (exact) mass is 370 g/mol. The maximum Gasteiger partial charge on any atom is 0.127 e. The molecular weight excluding hydrogens is 351 g/mol. The van der Waals surface area contributed by atoms with E-state index >= 15 is 0 Å². The predicted molar refractivity (Wildman–Crippen MR) is 88.4 cm³/mol. The van der Waals surface area contributed by atoms with Crippen LogP contribution < -0.4 is 0 Å². The number of alkyl halides is 1. The lowest BCUT2D eigenvalue weighted by molar-refractivity contribution is -0.0360. The Labute approximate surface area is 139 Å². The van der Waals surface area contributed by atoms with Gasteiger partial charge < -0.3 is 0 Å². The van der Waals surface area contributed by atoms with E-state index in [0.29, 0.717) is 21.3 Å². The Morgan fingerprint density at radius 3 is 2.29 bits per heavy atom. The van der Waals surface area contributed by atoms with Gasteiger partial charge in [0.25, 0.3) is 0 Å². The minimum Gasteiger partial charge on any atom is -0.207 e. The largest absolute Gasteiger partial charge is 0.207 e. The quantitative estimate of drug-likeness (QED) is 0.584. The number of halogens is 3. The van der Waals surface area contributed by atoms with Gasteiger partial charge in [0.15, 0.2) is 0 Å². The first-order chi connectivity index (χ1) is 10.1. The molecule has 1 aromatic carbocycles. The summed E-state index contributed by atoms with van der Waals surface area (Å²) in [5.41, 5.74) is 0.690. The van der Waals surface area contributed by atoms with Crippen molar-refractivity contribution in [2.24, 2.45) is 29.6 Å². The topological polar surface area (TPSA) is 0 Å². The Kier molecular flexibility index (Phi) is 3.82. The molecule has 1 aromatic rings. The molecule has 0 saturated heterocycles. The molecule has 0 radical (unpaired) electrons. The zero-order valence-electron chi connectivity index (χ0n) is 12.1. The van der Waals surface area contributed by atoms with Crippen molar-refractivity contribution in [2.45, 2.75) is 43.4 Å². The minimum atomic E-state index is -0.157. The van der Waals surface area contributed by atoms with Gasteiger partial charge >= 0.3 is 0 Å². The second-order valence-corrected chi connectivity index (χ2v) is 9.01. The molecule has 1 unspecified atom stereocenters. The van der Waals surface area contributed by atoms with E-state index in [9.17, 15) is 4.39 Å². The molecule has 4 aliphatic carbocycles. The predicted octanol–water partition coefficient (Wildman–Crippen LogP) is 5.86. The van der Waals surface area contributed by atoms with Gasteiger partial charge in [0.2, 0.25) is 0 Å². The van der Waals surface area contributed by atoms with Gasteiger partial charge in [0.1, 0.15) is 5.82 Å². The molecular formula is C18H21BrClF. The molecule has 4 fully saturated rings. The summed E-state index contributed by atoms with van der Waals surface area (Å²) in [6, 6.07) is 5.02. The van der Waals surface area contributed by atoms with Crippen molar-refractivity contribution >= 4 is 27.5 Å². The molecule has 0 spiro atoms. The van der Waals surface area contributed by atoms with E-state index in [2.05, 4.69) is 15.9 Å². The zero-order chi connectivity index (χ0) is 14.6.